The average Bonchev–Trinajstić information content (AvgIpc) is 3.23. The van der Waals surface area contributed by atoms with Gasteiger partial charge in [0, 0.05) is 31.1 Å². The number of nitrogens with one attached hydrogen (secondary N) is 1. The summed E-state index contributed by atoms with van der Waals surface area (Å²) in [5.74, 6) is 0.207. The van der Waals surface area contributed by atoms with Crippen molar-refractivity contribution in [1.29, 1.82) is 0 Å². The summed E-state index contributed by atoms with van der Waals surface area (Å²) in [7, 11) is 0. The molecule has 1 aromatic rings. The molecule has 0 radical (unpaired) electrons. The Hall–Kier alpha value is -1.42. The number of carbonyl (C=O) groups excluding carboxylic acids is 1. The molecule has 1 aliphatic rings. The van der Waals surface area contributed by atoms with E-state index >= 15 is 0 Å². The van der Waals surface area contributed by atoms with Crippen LogP contribution < -0.4 is 5.32 Å². The molecule has 1 fully saturated rings. The normalized spacial score (nSPS) is 20.7. The van der Waals surface area contributed by atoms with E-state index in [9.17, 15) is 9.18 Å². The van der Waals surface area contributed by atoms with Crippen molar-refractivity contribution in [3.05, 3.63) is 35.6 Å². The van der Waals surface area contributed by atoms with Gasteiger partial charge in [0.2, 0.25) is 5.91 Å². The largest absolute Gasteiger partial charge is 0.355 e. The third kappa shape index (κ3) is 4.29. The van der Waals surface area contributed by atoms with Crippen molar-refractivity contribution in [2.24, 2.45) is 5.92 Å². The predicted molar refractivity (Wildman–Crippen MR) is 87.2 cm³/mol. The van der Waals surface area contributed by atoms with Crippen molar-refractivity contribution >= 4 is 5.91 Å². The van der Waals surface area contributed by atoms with Crippen molar-refractivity contribution in [1.82, 2.24) is 10.2 Å². The van der Waals surface area contributed by atoms with Crippen LogP contribution in [0.2, 0.25) is 0 Å². The molecule has 2 rings (SSSR count). The lowest BCUT2D eigenvalue weighted by atomic mass is 10.1. The molecule has 0 bridgehead atoms. The number of nitrogens with zero attached hydrogens (tertiary/aromatic N) is 1. The second kappa shape index (κ2) is 7.23. The van der Waals surface area contributed by atoms with Crippen LogP contribution >= 0.6 is 0 Å². The third-order valence-electron chi connectivity index (χ3n) is 4.42. The van der Waals surface area contributed by atoms with E-state index in [1.54, 1.807) is 12.1 Å². The summed E-state index contributed by atoms with van der Waals surface area (Å²) in [6.45, 7) is 10.2. The van der Waals surface area contributed by atoms with E-state index in [0.29, 0.717) is 18.6 Å². The monoisotopic (exact) mass is 306 g/mol. The number of hydrogen-bond donors (Lipinski definition) is 1. The van der Waals surface area contributed by atoms with Crippen LogP contribution in [0.25, 0.3) is 0 Å². The van der Waals surface area contributed by atoms with Crippen LogP contribution in [0.4, 0.5) is 4.39 Å². The standard InChI is InChI=1S/C18H27FN2O/c1-12(2)21(13(3)4)10-9-20-18(22)17-11-16(17)14-5-7-15(19)8-6-14/h5-8,12-13,16-17H,9-11H2,1-4H3,(H,20,22). The smallest absolute Gasteiger partial charge is 0.223 e. The minimum absolute atomic E-state index is 0.0528. The van der Waals surface area contributed by atoms with Crippen LogP contribution in [0.3, 0.4) is 0 Å². The van der Waals surface area contributed by atoms with Crippen LogP contribution in [0, 0.1) is 11.7 Å². The molecule has 4 heteroatoms. The van der Waals surface area contributed by atoms with Gasteiger partial charge < -0.3 is 5.32 Å². The van der Waals surface area contributed by atoms with Crippen molar-refractivity contribution in [3.63, 3.8) is 0 Å². The molecule has 0 aliphatic heterocycles. The maximum atomic E-state index is 12.9. The van der Waals surface area contributed by atoms with Crippen LogP contribution in [-0.2, 0) is 4.79 Å². The van der Waals surface area contributed by atoms with E-state index in [-0.39, 0.29) is 23.6 Å². The summed E-state index contributed by atoms with van der Waals surface area (Å²) in [5, 5.41) is 3.04. The molecule has 1 N–H and O–H groups in total. The third-order valence-corrected chi connectivity index (χ3v) is 4.42. The molecule has 1 saturated carbocycles. The highest BCUT2D eigenvalue weighted by molar-refractivity contribution is 5.82. The van der Waals surface area contributed by atoms with Crippen LogP contribution in [0.15, 0.2) is 24.3 Å². The van der Waals surface area contributed by atoms with Crippen molar-refractivity contribution < 1.29 is 9.18 Å². The van der Waals surface area contributed by atoms with E-state index in [0.717, 1.165) is 18.5 Å². The van der Waals surface area contributed by atoms with Gasteiger partial charge in [0.15, 0.2) is 0 Å². The fourth-order valence-corrected chi connectivity index (χ4v) is 3.12. The van der Waals surface area contributed by atoms with E-state index in [4.69, 9.17) is 0 Å². The molecule has 2 atom stereocenters. The van der Waals surface area contributed by atoms with Crippen LogP contribution in [-0.4, -0.2) is 36.0 Å². The molecule has 1 aliphatic carbocycles. The zero-order valence-corrected chi connectivity index (χ0v) is 14.0. The highest BCUT2D eigenvalue weighted by atomic mass is 19.1. The number of amides is 1. The summed E-state index contributed by atoms with van der Waals surface area (Å²) in [5.41, 5.74) is 1.06. The Morgan fingerprint density at radius 1 is 1.23 bits per heavy atom. The second-order valence-corrected chi connectivity index (χ2v) is 6.72. The predicted octanol–water partition coefficient (Wildman–Crippen LogP) is 3.16. The van der Waals surface area contributed by atoms with Gasteiger partial charge in [-0.15, -0.1) is 0 Å². The van der Waals surface area contributed by atoms with E-state index in [2.05, 4.69) is 37.9 Å². The first-order valence-electron chi connectivity index (χ1n) is 8.19. The summed E-state index contributed by atoms with van der Waals surface area (Å²) in [6.07, 6.45) is 0.871. The first-order valence-corrected chi connectivity index (χ1v) is 8.19. The van der Waals surface area contributed by atoms with Gasteiger partial charge in [-0.3, -0.25) is 9.69 Å². The maximum Gasteiger partial charge on any atom is 0.223 e. The molecular weight excluding hydrogens is 279 g/mol. The molecule has 0 spiro atoms. The number of benzene rings is 1. The lowest BCUT2D eigenvalue weighted by Gasteiger charge is -2.30. The zero-order chi connectivity index (χ0) is 16.3. The summed E-state index contributed by atoms with van der Waals surface area (Å²) < 4.78 is 12.9. The van der Waals surface area contributed by atoms with E-state index < -0.39 is 0 Å². The molecule has 2 unspecified atom stereocenters. The lowest BCUT2D eigenvalue weighted by molar-refractivity contribution is -0.122. The van der Waals surface area contributed by atoms with E-state index in [1.807, 2.05) is 0 Å². The molecule has 1 amide bonds. The Morgan fingerprint density at radius 3 is 2.36 bits per heavy atom. The molecule has 1 aromatic carbocycles. The topological polar surface area (TPSA) is 32.3 Å². The Balaban J connectivity index is 1.76. The first kappa shape index (κ1) is 16.9. The van der Waals surface area contributed by atoms with Gasteiger partial charge in [0.25, 0.3) is 0 Å². The molecule has 0 saturated heterocycles. The number of hydrogen-bond acceptors (Lipinski definition) is 2. The second-order valence-electron chi connectivity index (χ2n) is 6.72. The lowest BCUT2D eigenvalue weighted by Crippen LogP contribution is -2.42. The van der Waals surface area contributed by atoms with Gasteiger partial charge in [-0.05, 0) is 57.7 Å². The summed E-state index contributed by atoms with van der Waals surface area (Å²) in [6, 6.07) is 7.45. The number of carbonyl (C=O) groups is 1. The molecular formula is C18H27FN2O. The minimum atomic E-state index is -0.229. The van der Waals surface area contributed by atoms with Crippen molar-refractivity contribution in [2.75, 3.05) is 13.1 Å². The fraction of sp³-hybridized carbons (Fsp3) is 0.611. The average molecular weight is 306 g/mol. The Labute approximate surface area is 132 Å². The highest BCUT2D eigenvalue weighted by Crippen LogP contribution is 2.47. The Kier molecular flexibility index (Phi) is 5.57. The zero-order valence-electron chi connectivity index (χ0n) is 14.0. The van der Waals surface area contributed by atoms with Gasteiger partial charge >= 0.3 is 0 Å². The molecule has 0 heterocycles. The van der Waals surface area contributed by atoms with Crippen molar-refractivity contribution in [2.45, 2.75) is 52.1 Å². The van der Waals surface area contributed by atoms with E-state index in [1.165, 1.54) is 12.1 Å². The quantitative estimate of drug-likeness (QED) is 0.839. The summed E-state index contributed by atoms with van der Waals surface area (Å²) >= 11 is 0. The highest BCUT2D eigenvalue weighted by Gasteiger charge is 2.43. The van der Waals surface area contributed by atoms with Gasteiger partial charge in [0.05, 0.1) is 0 Å². The first-order chi connectivity index (χ1) is 10.4. The van der Waals surface area contributed by atoms with Gasteiger partial charge in [0.1, 0.15) is 5.82 Å². The summed E-state index contributed by atoms with van der Waals surface area (Å²) in [4.78, 5) is 14.5. The number of halogens is 1. The van der Waals surface area contributed by atoms with Crippen LogP contribution in [0.1, 0.15) is 45.6 Å². The Morgan fingerprint density at radius 2 is 1.82 bits per heavy atom. The van der Waals surface area contributed by atoms with Gasteiger partial charge in [-0.2, -0.15) is 0 Å². The molecule has 3 nitrogen and oxygen atoms in total. The molecule has 22 heavy (non-hydrogen) atoms. The van der Waals surface area contributed by atoms with Gasteiger partial charge in [-0.25, -0.2) is 4.39 Å². The fourth-order valence-electron chi connectivity index (χ4n) is 3.12. The molecule has 122 valence electrons. The van der Waals surface area contributed by atoms with Gasteiger partial charge in [-0.1, -0.05) is 12.1 Å². The minimum Gasteiger partial charge on any atom is -0.355 e. The van der Waals surface area contributed by atoms with Crippen LogP contribution in [0.5, 0.6) is 0 Å². The van der Waals surface area contributed by atoms with Crippen molar-refractivity contribution in [3.8, 4) is 0 Å². The molecule has 0 aromatic heterocycles. The Bertz CT molecular complexity index is 490. The SMILES string of the molecule is CC(C)N(CCNC(=O)C1CC1c1ccc(F)cc1)C(C)C. The number of rotatable bonds is 7. The maximum absolute atomic E-state index is 12.9.